The first-order chi connectivity index (χ1) is 9.06. The van der Waals surface area contributed by atoms with E-state index in [1.807, 2.05) is 13.8 Å². The topological polar surface area (TPSA) is 24.9 Å². The molecule has 2 nitrogen and oxygen atoms in total. The summed E-state index contributed by atoms with van der Waals surface area (Å²) in [7, 11) is 0. The van der Waals surface area contributed by atoms with E-state index >= 15 is 0 Å². The summed E-state index contributed by atoms with van der Waals surface area (Å²) in [4.78, 5) is 3.83. The second-order valence-electron chi connectivity index (χ2n) is 4.60. The van der Waals surface area contributed by atoms with Gasteiger partial charge in [-0.1, -0.05) is 12.1 Å². The molecule has 0 spiro atoms. The molecule has 0 amide bonds. The fraction of sp³-hybridized carbons (Fsp3) is 0.267. The van der Waals surface area contributed by atoms with Crippen LogP contribution >= 0.6 is 0 Å². The molecule has 2 aromatic rings. The zero-order valence-electron chi connectivity index (χ0n) is 10.9. The fourth-order valence-corrected chi connectivity index (χ4v) is 1.98. The number of hydrogen-bond acceptors (Lipinski definition) is 2. The van der Waals surface area contributed by atoms with Crippen molar-refractivity contribution < 1.29 is 8.78 Å². The molecule has 0 bridgehead atoms. The van der Waals surface area contributed by atoms with Crippen molar-refractivity contribution in [1.29, 1.82) is 0 Å². The van der Waals surface area contributed by atoms with Crippen molar-refractivity contribution in [3.63, 3.8) is 0 Å². The summed E-state index contributed by atoms with van der Waals surface area (Å²) in [6, 6.07) is 7.81. The molecule has 1 heterocycles. The third-order valence-electron chi connectivity index (χ3n) is 3.10. The molecule has 19 heavy (non-hydrogen) atoms. The molecular formula is C15H16F2N2. The average Bonchev–Trinajstić information content (AvgIpc) is 2.39. The summed E-state index contributed by atoms with van der Waals surface area (Å²) in [6.07, 6.45) is 2.82. The molecule has 2 rings (SSSR count). The van der Waals surface area contributed by atoms with E-state index in [0.717, 1.165) is 11.1 Å². The average molecular weight is 262 g/mol. The summed E-state index contributed by atoms with van der Waals surface area (Å²) in [5.74, 6) is -0.598. The minimum Gasteiger partial charge on any atom is -0.304 e. The lowest BCUT2D eigenvalue weighted by Crippen LogP contribution is -2.22. The van der Waals surface area contributed by atoms with Crippen LogP contribution in [0.3, 0.4) is 0 Å². The van der Waals surface area contributed by atoms with Crippen molar-refractivity contribution in [3.05, 3.63) is 65.5 Å². The molecule has 2 atom stereocenters. The fourth-order valence-electron chi connectivity index (χ4n) is 1.98. The predicted octanol–water partition coefficient (Wildman–Crippen LogP) is 3.77. The van der Waals surface area contributed by atoms with Crippen molar-refractivity contribution in [3.8, 4) is 0 Å². The highest BCUT2D eigenvalue weighted by Crippen LogP contribution is 2.19. The van der Waals surface area contributed by atoms with Crippen LogP contribution in [0.15, 0.2) is 42.7 Å². The number of benzene rings is 1. The lowest BCUT2D eigenvalue weighted by atomic mass is 10.1. The number of aromatic nitrogens is 1. The van der Waals surface area contributed by atoms with Gasteiger partial charge in [0.2, 0.25) is 0 Å². The lowest BCUT2D eigenvalue weighted by molar-refractivity contribution is 0.489. The Morgan fingerprint density at radius 2 is 1.53 bits per heavy atom. The number of nitrogens with zero attached hydrogens (tertiary/aromatic N) is 1. The van der Waals surface area contributed by atoms with Crippen molar-refractivity contribution in [1.82, 2.24) is 10.3 Å². The van der Waals surface area contributed by atoms with E-state index < -0.39 is 0 Å². The van der Waals surface area contributed by atoms with Crippen LogP contribution in [0, 0.1) is 11.6 Å². The quantitative estimate of drug-likeness (QED) is 0.907. The van der Waals surface area contributed by atoms with Crippen LogP contribution in [0.4, 0.5) is 8.78 Å². The minimum absolute atomic E-state index is 0.0387. The van der Waals surface area contributed by atoms with E-state index in [-0.39, 0.29) is 23.7 Å². The minimum atomic E-state index is -0.347. The highest BCUT2D eigenvalue weighted by Gasteiger charge is 2.12. The molecule has 0 saturated carbocycles. The maximum atomic E-state index is 13.1. The number of pyridine rings is 1. The lowest BCUT2D eigenvalue weighted by Gasteiger charge is -2.20. The Morgan fingerprint density at radius 1 is 0.895 bits per heavy atom. The molecular weight excluding hydrogens is 246 g/mol. The number of nitrogens with one attached hydrogen (secondary N) is 1. The highest BCUT2D eigenvalue weighted by molar-refractivity contribution is 5.21. The van der Waals surface area contributed by atoms with Crippen LogP contribution in [-0.2, 0) is 0 Å². The van der Waals surface area contributed by atoms with Gasteiger partial charge in [0.1, 0.15) is 11.6 Å². The van der Waals surface area contributed by atoms with Gasteiger partial charge in [-0.2, -0.15) is 0 Å². The zero-order chi connectivity index (χ0) is 13.8. The first-order valence-electron chi connectivity index (χ1n) is 6.18. The number of halogens is 2. The summed E-state index contributed by atoms with van der Waals surface area (Å²) in [6.45, 7) is 3.92. The summed E-state index contributed by atoms with van der Waals surface area (Å²) >= 11 is 0. The Labute approximate surface area is 111 Å². The Kier molecular flexibility index (Phi) is 4.22. The van der Waals surface area contributed by atoms with Gasteiger partial charge in [-0.15, -0.1) is 0 Å². The van der Waals surface area contributed by atoms with Gasteiger partial charge in [-0.05, 0) is 43.2 Å². The molecule has 0 saturated heterocycles. The van der Waals surface area contributed by atoms with Crippen LogP contribution in [0.25, 0.3) is 0 Å². The molecule has 100 valence electrons. The smallest absolute Gasteiger partial charge is 0.141 e. The Bertz CT molecular complexity index is 540. The predicted molar refractivity (Wildman–Crippen MR) is 70.6 cm³/mol. The van der Waals surface area contributed by atoms with Crippen LogP contribution in [0.1, 0.15) is 37.1 Å². The maximum Gasteiger partial charge on any atom is 0.141 e. The normalized spacial score (nSPS) is 14.1. The van der Waals surface area contributed by atoms with Gasteiger partial charge in [-0.3, -0.25) is 4.98 Å². The summed E-state index contributed by atoms with van der Waals surface area (Å²) < 4.78 is 26.0. The van der Waals surface area contributed by atoms with Crippen molar-refractivity contribution in [2.45, 2.75) is 25.9 Å². The standard InChI is InChI=1S/C15H16F2N2/c1-10(12-3-5-14(16)6-4-12)19-11(2)13-7-15(17)9-18-8-13/h3-11,19H,1-2H3/t10-,11?/m0/s1. The van der Waals surface area contributed by atoms with E-state index in [1.165, 1.54) is 24.4 Å². The second-order valence-corrected chi connectivity index (χ2v) is 4.60. The summed E-state index contributed by atoms with van der Waals surface area (Å²) in [5.41, 5.74) is 1.77. The molecule has 1 aromatic carbocycles. The van der Waals surface area contributed by atoms with Gasteiger partial charge in [0.05, 0.1) is 6.20 Å². The molecule has 0 aliphatic carbocycles. The van der Waals surface area contributed by atoms with E-state index in [4.69, 9.17) is 0 Å². The van der Waals surface area contributed by atoms with Crippen molar-refractivity contribution in [2.75, 3.05) is 0 Å². The molecule has 1 aromatic heterocycles. The number of hydrogen-bond donors (Lipinski definition) is 1. The Morgan fingerprint density at radius 3 is 2.16 bits per heavy atom. The first-order valence-corrected chi connectivity index (χ1v) is 6.18. The largest absolute Gasteiger partial charge is 0.304 e. The molecule has 4 heteroatoms. The van der Waals surface area contributed by atoms with E-state index in [2.05, 4.69) is 10.3 Å². The second kappa shape index (κ2) is 5.89. The highest BCUT2D eigenvalue weighted by atomic mass is 19.1. The maximum absolute atomic E-state index is 13.1. The summed E-state index contributed by atoms with van der Waals surface area (Å²) in [5, 5.41) is 3.33. The Balaban J connectivity index is 2.06. The van der Waals surface area contributed by atoms with Gasteiger partial charge < -0.3 is 5.32 Å². The van der Waals surface area contributed by atoms with Crippen molar-refractivity contribution in [2.24, 2.45) is 0 Å². The molecule has 0 aliphatic rings. The zero-order valence-corrected chi connectivity index (χ0v) is 10.9. The van der Waals surface area contributed by atoms with E-state index in [9.17, 15) is 8.78 Å². The molecule has 0 aliphatic heterocycles. The van der Waals surface area contributed by atoms with Gasteiger partial charge in [0, 0.05) is 18.3 Å². The van der Waals surface area contributed by atoms with E-state index in [1.54, 1.807) is 18.3 Å². The molecule has 0 radical (unpaired) electrons. The first kappa shape index (κ1) is 13.6. The number of rotatable bonds is 4. The van der Waals surface area contributed by atoms with Gasteiger partial charge in [0.25, 0.3) is 0 Å². The van der Waals surface area contributed by atoms with Crippen LogP contribution < -0.4 is 5.32 Å². The van der Waals surface area contributed by atoms with Crippen LogP contribution in [-0.4, -0.2) is 4.98 Å². The van der Waals surface area contributed by atoms with Crippen LogP contribution in [0.2, 0.25) is 0 Å². The van der Waals surface area contributed by atoms with Gasteiger partial charge in [0.15, 0.2) is 0 Å². The third-order valence-corrected chi connectivity index (χ3v) is 3.10. The molecule has 1 N–H and O–H groups in total. The third kappa shape index (κ3) is 3.58. The SMILES string of the molecule is CC(N[C@@H](C)c1ccc(F)cc1)c1cncc(F)c1. The van der Waals surface area contributed by atoms with Gasteiger partial charge >= 0.3 is 0 Å². The van der Waals surface area contributed by atoms with Crippen molar-refractivity contribution >= 4 is 0 Å². The Hall–Kier alpha value is -1.81. The van der Waals surface area contributed by atoms with Gasteiger partial charge in [-0.25, -0.2) is 8.78 Å². The van der Waals surface area contributed by atoms with E-state index in [0.29, 0.717) is 0 Å². The van der Waals surface area contributed by atoms with Crippen LogP contribution in [0.5, 0.6) is 0 Å². The molecule has 1 unspecified atom stereocenters. The molecule has 0 fully saturated rings. The monoisotopic (exact) mass is 262 g/mol.